The lowest BCUT2D eigenvalue weighted by Crippen LogP contribution is -2.27. The third-order valence-electron chi connectivity index (χ3n) is 4.91. The molecule has 1 rings (SSSR count). The van der Waals surface area contributed by atoms with Crippen molar-refractivity contribution in [3.8, 4) is 5.75 Å². The maximum Gasteiger partial charge on any atom is 0.120 e. The van der Waals surface area contributed by atoms with Gasteiger partial charge in [0.25, 0.3) is 0 Å². The highest BCUT2D eigenvalue weighted by Crippen LogP contribution is 2.40. The van der Waals surface area contributed by atoms with Gasteiger partial charge in [-0.25, -0.2) is 0 Å². The van der Waals surface area contributed by atoms with E-state index in [1.54, 1.807) is 0 Å². The summed E-state index contributed by atoms with van der Waals surface area (Å²) < 4.78 is 0. The molecule has 0 aliphatic carbocycles. The van der Waals surface area contributed by atoms with Crippen LogP contribution in [0.3, 0.4) is 0 Å². The molecule has 0 saturated carbocycles. The molecule has 0 spiro atoms. The first-order valence-electron chi connectivity index (χ1n) is 7.94. The maximum atomic E-state index is 10.5. The Balaban J connectivity index is 3.63. The molecule has 0 aromatic heterocycles. The molecule has 4 heteroatoms. The number of nitrogens with zero attached hydrogens (tertiary/aromatic N) is 3. The van der Waals surface area contributed by atoms with Gasteiger partial charge in [-0.15, -0.1) is 0 Å². The van der Waals surface area contributed by atoms with Crippen LogP contribution in [0, 0.1) is 0 Å². The Morgan fingerprint density at radius 1 is 0.682 bits per heavy atom. The number of aromatic hydroxyl groups is 1. The molecule has 3 unspecified atom stereocenters. The van der Waals surface area contributed by atoms with E-state index in [2.05, 4.69) is 83.8 Å². The van der Waals surface area contributed by atoms with E-state index in [1.165, 1.54) is 11.1 Å². The Labute approximate surface area is 136 Å². The van der Waals surface area contributed by atoms with Crippen molar-refractivity contribution in [3.63, 3.8) is 0 Å². The molecule has 0 amide bonds. The van der Waals surface area contributed by atoms with Gasteiger partial charge in [0, 0.05) is 23.7 Å². The summed E-state index contributed by atoms with van der Waals surface area (Å²) in [5.41, 5.74) is 3.57. The summed E-state index contributed by atoms with van der Waals surface area (Å²) in [4.78, 5) is 6.56. The quantitative estimate of drug-likeness (QED) is 0.874. The van der Waals surface area contributed by atoms with Crippen LogP contribution < -0.4 is 0 Å². The second kappa shape index (κ2) is 7.44. The maximum absolute atomic E-state index is 10.5. The molecule has 0 aliphatic rings. The Kier molecular flexibility index (Phi) is 6.41. The zero-order valence-corrected chi connectivity index (χ0v) is 15.7. The van der Waals surface area contributed by atoms with Gasteiger partial charge in [0.1, 0.15) is 5.75 Å². The molecule has 4 nitrogen and oxygen atoms in total. The highest BCUT2D eigenvalue weighted by molar-refractivity contribution is 5.49. The van der Waals surface area contributed by atoms with Gasteiger partial charge >= 0.3 is 0 Å². The minimum atomic E-state index is 0.159. The van der Waals surface area contributed by atoms with E-state index < -0.39 is 0 Å². The van der Waals surface area contributed by atoms with E-state index in [-0.39, 0.29) is 12.1 Å². The summed E-state index contributed by atoms with van der Waals surface area (Å²) in [6, 6.07) is 4.61. The second-order valence-corrected chi connectivity index (χ2v) is 6.92. The van der Waals surface area contributed by atoms with E-state index in [1.807, 2.05) is 6.07 Å². The number of hydrogen-bond acceptors (Lipinski definition) is 4. The average Bonchev–Trinajstić information content (AvgIpc) is 2.44. The molecule has 0 saturated heterocycles. The third kappa shape index (κ3) is 3.80. The first-order valence-corrected chi connectivity index (χ1v) is 7.94. The van der Waals surface area contributed by atoms with Crippen LogP contribution in [0.15, 0.2) is 12.1 Å². The average molecular weight is 307 g/mol. The van der Waals surface area contributed by atoms with Crippen molar-refractivity contribution in [1.29, 1.82) is 0 Å². The first kappa shape index (κ1) is 18.9. The predicted octanol–water partition coefficient (Wildman–Crippen LogP) is 3.26. The van der Waals surface area contributed by atoms with Crippen LogP contribution in [-0.2, 0) is 0 Å². The predicted molar refractivity (Wildman–Crippen MR) is 94.4 cm³/mol. The molecule has 3 atom stereocenters. The molecule has 1 N–H and O–H groups in total. The van der Waals surface area contributed by atoms with E-state index in [9.17, 15) is 5.11 Å². The number of phenols is 1. The Hall–Kier alpha value is -1.10. The van der Waals surface area contributed by atoms with Gasteiger partial charge in [-0.1, -0.05) is 6.07 Å². The SMILES string of the molecule is CC(c1ccc(O)c(C(C)N(C)C)c1C(C)N(C)C)N(C)C. The monoisotopic (exact) mass is 307 g/mol. The van der Waals surface area contributed by atoms with Crippen molar-refractivity contribution in [1.82, 2.24) is 14.7 Å². The molecule has 22 heavy (non-hydrogen) atoms. The van der Waals surface area contributed by atoms with Crippen molar-refractivity contribution in [2.24, 2.45) is 0 Å². The van der Waals surface area contributed by atoms with Gasteiger partial charge < -0.3 is 19.8 Å². The first-order chi connectivity index (χ1) is 10.1. The molecule has 126 valence electrons. The molecule has 0 bridgehead atoms. The van der Waals surface area contributed by atoms with Gasteiger partial charge in [0.15, 0.2) is 0 Å². The number of rotatable bonds is 6. The normalized spacial score (nSPS) is 16.4. The van der Waals surface area contributed by atoms with Gasteiger partial charge in [-0.3, -0.25) is 0 Å². The zero-order valence-electron chi connectivity index (χ0n) is 15.7. The Bertz CT molecular complexity index is 497. The summed E-state index contributed by atoms with van der Waals surface area (Å²) in [6.45, 7) is 6.56. The van der Waals surface area contributed by atoms with Crippen LogP contribution in [0.2, 0.25) is 0 Å². The minimum absolute atomic E-state index is 0.159. The minimum Gasteiger partial charge on any atom is -0.508 e. The molecule has 1 aromatic carbocycles. The zero-order chi connectivity index (χ0) is 17.2. The van der Waals surface area contributed by atoms with E-state index in [4.69, 9.17) is 0 Å². The van der Waals surface area contributed by atoms with Crippen LogP contribution in [0.4, 0.5) is 0 Å². The lowest BCUT2D eigenvalue weighted by Gasteiger charge is -2.33. The molecule has 0 fully saturated rings. The topological polar surface area (TPSA) is 30.0 Å². The molecular formula is C18H33N3O. The lowest BCUT2D eigenvalue weighted by atomic mass is 9.87. The van der Waals surface area contributed by atoms with Crippen LogP contribution in [-0.4, -0.2) is 62.1 Å². The fourth-order valence-corrected chi connectivity index (χ4v) is 2.71. The van der Waals surface area contributed by atoms with E-state index in [0.717, 1.165) is 5.56 Å². The van der Waals surface area contributed by atoms with Crippen LogP contribution >= 0.6 is 0 Å². The standard InChI is InChI=1S/C18H33N3O/c1-12(19(4)5)15-10-11-16(22)18(14(3)21(8)9)17(15)13(2)20(6)7/h10-14,22H,1-9H3. The molecule has 0 aliphatic heterocycles. The van der Waals surface area contributed by atoms with Crippen LogP contribution in [0.25, 0.3) is 0 Å². The van der Waals surface area contributed by atoms with Gasteiger partial charge in [-0.2, -0.15) is 0 Å². The smallest absolute Gasteiger partial charge is 0.120 e. The van der Waals surface area contributed by atoms with E-state index in [0.29, 0.717) is 11.8 Å². The largest absolute Gasteiger partial charge is 0.508 e. The highest BCUT2D eigenvalue weighted by atomic mass is 16.3. The summed E-state index contributed by atoms with van der Waals surface area (Å²) in [6.07, 6.45) is 0. The lowest BCUT2D eigenvalue weighted by molar-refractivity contribution is 0.277. The summed E-state index contributed by atoms with van der Waals surface area (Å²) in [7, 11) is 12.5. The molecular weight excluding hydrogens is 274 g/mol. The summed E-state index contributed by atoms with van der Waals surface area (Å²) >= 11 is 0. The van der Waals surface area contributed by atoms with Crippen molar-refractivity contribution in [3.05, 3.63) is 28.8 Å². The van der Waals surface area contributed by atoms with Crippen molar-refractivity contribution < 1.29 is 5.11 Å². The van der Waals surface area contributed by atoms with E-state index >= 15 is 0 Å². The fourth-order valence-electron chi connectivity index (χ4n) is 2.71. The Morgan fingerprint density at radius 3 is 1.50 bits per heavy atom. The Morgan fingerprint density at radius 2 is 1.09 bits per heavy atom. The van der Waals surface area contributed by atoms with Gasteiger partial charge in [-0.05, 0) is 80.3 Å². The number of hydrogen-bond donors (Lipinski definition) is 1. The van der Waals surface area contributed by atoms with Crippen molar-refractivity contribution in [2.75, 3.05) is 42.3 Å². The second-order valence-electron chi connectivity index (χ2n) is 6.92. The van der Waals surface area contributed by atoms with Crippen LogP contribution in [0.5, 0.6) is 5.75 Å². The molecule has 0 radical (unpaired) electrons. The van der Waals surface area contributed by atoms with Crippen molar-refractivity contribution in [2.45, 2.75) is 38.9 Å². The number of benzene rings is 1. The third-order valence-corrected chi connectivity index (χ3v) is 4.91. The van der Waals surface area contributed by atoms with Gasteiger partial charge in [0.05, 0.1) is 0 Å². The summed E-state index contributed by atoms with van der Waals surface area (Å²) in [5, 5.41) is 10.5. The molecule has 1 aromatic rings. The summed E-state index contributed by atoms with van der Waals surface area (Å²) in [5.74, 6) is 0.389. The highest BCUT2D eigenvalue weighted by Gasteiger charge is 2.27. The van der Waals surface area contributed by atoms with Gasteiger partial charge in [0.2, 0.25) is 0 Å². The van der Waals surface area contributed by atoms with Crippen molar-refractivity contribution >= 4 is 0 Å². The van der Waals surface area contributed by atoms with Crippen LogP contribution in [0.1, 0.15) is 55.6 Å². The fraction of sp³-hybridized carbons (Fsp3) is 0.667. The molecule has 0 heterocycles. The number of phenolic OH excluding ortho intramolecular Hbond substituents is 1.